The van der Waals surface area contributed by atoms with E-state index in [1.807, 2.05) is 0 Å². The second-order valence-corrected chi connectivity index (χ2v) is 9.76. The lowest BCUT2D eigenvalue weighted by Gasteiger charge is -2.25. The number of amides is 1. The van der Waals surface area contributed by atoms with Crippen molar-refractivity contribution in [3.63, 3.8) is 0 Å². The standard InChI is InChI=1S/C24H17ClN2O5S2/c1-31-15-8-5-12(10-16(15)32-2)20-19(21(28)17-4-3-9-33-17)22(29)23(30)27(20)24-26-14-7-6-13(25)11-18(14)34-24/h3-11,20,29H,1-2H3. The zero-order valence-electron chi connectivity index (χ0n) is 17.9. The highest BCUT2D eigenvalue weighted by Gasteiger charge is 2.46. The first-order valence-electron chi connectivity index (χ1n) is 10.1. The molecule has 4 aromatic rings. The summed E-state index contributed by atoms with van der Waals surface area (Å²) in [6.45, 7) is 0. The molecule has 3 heterocycles. The molecule has 2 aromatic carbocycles. The van der Waals surface area contributed by atoms with Crippen LogP contribution in [0.1, 0.15) is 21.3 Å². The lowest BCUT2D eigenvalue weighted by molar-refractivity contribution is -0.117. The van der Waals surface area contributed by atoms with Gasteiger partial charge in [0, 0.05) is 5.02 Å². The lowest BCUT2D eigenvalue weighted by Crippen LogP contribution is -2.31. The molecule has 172 valence electrons. The van der Waals surface area contributed by atoms with Crippen LogP contribution in [0.15, 0.2) is 65.2 Å². The molecule has 7 nitrogen and oxygen atoms in total. The maximum atomic E-state index is 13.4. The maximum absolute atomic E-state index is 13.4. The number of ketones is 1. The fourth-order valence-electron chi connectivity index (χ4n) is 3.90. The van der Waals surface area contributed by atoms with E-state index in [4.69, 9.17) is 21.1 Å². The molecule has 0 saturated carbocycles. The second-order valence-electron chi connectivity index (χ2n) is 7.37. The topological polar surface area (TPSA) is 89.0 Å². The fourth-order valence-corrected chi connectivity index (χ4v) is 5.85. The van der Waals surface area contributed by atoms with E-state index in [1.165, 1.54) is 41.8 Å². The van der Waals surface area contributed by atoms with Gasteiger partial charge in [0.1, 0.15) is 0 Å². The third kappa shape index (κ3) is 3.62. The van der Waals surface area contributed by atoms with E-state index in [0.29, 0.717) is 37.6 Å². The highest BCUT2D eigenvalue weighted by atomic mass is 35.5. The van der Waals surface area contributed by atoms with Gasteiger partial charge in [0.15, 0.2) is 22.4 Å². The minimum absolute atomic E-state index is 0.0167. The van der Waals surface area contributed by atoms with Crippen LogP contribution in [0, 0.1) is 0 Å². The van der Waals surface area contributed by atoms with Crippen LogP contribution < -0.4 is 14.4 Å². The Balaban J connectivity index is 1.70. The van der Waals surface area contributed by atoms with Gasteiger partial charge < -0.3 is 14.6 Å². The smallest absolute Gasteiger partial charge is 0.296 e. The van der Waals surface area contributed by atoms with Crippen molar-refractivity contribution >= 4 is 61.3 Å². The highest BCUT2D eigenvalue weighted by Crippen LogP contribution is 2.46. The number of rotatable bonds is 6. The summed E-state index contributed by atoms with van der Waals surface area (Å²) in [5.74, 6) is -0.804. The first-order chi connectivity index (χ1) is 16.4. The van der Waals surface area contributed by atoms with Crippen molar-refractivity contribution in [1.82, 2.24) is 4.98 Å². The van der Waals surface area contributed by atoms with E-state index < -0.39 is 23.5 Å². The van der Waals surface area contributed by atoms with E-state index in [1.54, 1.807) is 53.9 Å². The van der Waals surface area contributed by atoms with E-state index in [9.17, 15) is 14.7 Å². The number of methoxy groups -OCH3 is 2. The summed E-state index contributed by atoms with van der Waals surface area (Å²) in [5.41, 5.74) is 1.20. The van der Waals surface area contributed by atoms with Gasteiger partial charge in [0.2, 0.25) is 5.78 Å². The van der Waals surface area contributed by atoms with Crippen LogP contribution in [0.25, 0.3) is 10.2 Å². The zero-order chi connectivity index (χ0) is 24.0. The van der Waals surface area contributed by atoms with E-state index in [0.717, 1.165) is 4.70 Å². The van der Waals surface area contributed by atoms with Gasteiger partial charge in [-0.1, -0.05) is 35.1 Å². The number of benzene rings is 2. The Morgan fingerprint density at radius 3 is 2.62 bits per heavy atom. The molecule has 5 rings (SSSR count). The van der Waals surface area contributed by atoms with Crippen LogP contribution in [-0.4, -0.2) is 36.0 Å². The molecule has 1 unspecified atom stereocenters. The first kappa shape index (κ1) is 22.4. The van der Waals surface area contributed by atoms with E-state index in [-0.39, 0.29) is 5.57 Å². The number of aromatic nitrogens is 1. The van der Waals surface area contributed by atoms with Crippen molar-refractivity contribution in [1.29, 1.82) is 0 Å². The van der Waals surface area contributed by atoms with Gasteiger partial charge in [-0.3, -0.25) is 14.5 Å². The molecule has 0 bridgehead atoms. The number of fused-ring (bicyclic) bond motifs is 1. The Labute approximate surface area is 207 Å². The second kappa shape index (κ2) is 8.75. The minimum Gasteiger partial charge on any atom is -0.503 e. The van der Waals surface area contributed by atoms with Crippen LogP contribution in [0.5, 0.6) is 11.5 Å². The molecule has 34 heavy (non-hydrogen) atoms. The normalized spacial score (nSPS) is 15.9. The van der Waals surface area contributed by atoms with Crippen molar-refractivity contribution in [2.45, 2.75) is 6.04 Å². The molecule has 0 fully saturated rings. The SMILES string of the molecule is COc1ccc(C2C(C(=O)c3cccs3)=C(O)C(=O)N2c2nc3ccc(Cl)cc3s2)cc1OC. The van der Waals surface area contributed by atoms with Gasteiger partial charge in [-0.2, -0.15) is 0 Å². The number of ether oxygens (including phenoxy) is 2. The lowest BCUT2D eigenvalue weighted by atomic mass is 9.95. The van der Waals surface area contributed by atoms with Gasteiger partial charge in [-0.25, -0.2) is 4.98 Å². The third-order valence-electron chi connectivity index (χ3n) is 5.47. The Hall–Kier alpha value is -3.40. The molecule has 1 atom stereocenters. The summed E-state index contributed by atoms with van der Waals surface area (Å²) in [5, 5.41) is 13.6. The van der Waals surface area contributed by atoms with Crippen molar-refractivity contribution in [3.8, 4) is 11.5 Å². The van der Waals surface area contributed by atoms with E-state index >= 15 is 0 Å². The van der Waals surface area contributed by atoms with Gasteiger partial charge >= 0.3 is 0 Å². The Bertz CT molecular complexity index is 1460. The largest absolute Gasteiger partial charge is 0.503 e. The number of carbonyl (C=O) groups is 2. The van der Waals surface area contributed by atoms with Crippen LogP contribution >= 0.6 is 34.3 Å². The van der Waals surface area contributed by atoms with Crippen molar-refractivity contribution < 1.29 is 24.2 Å². The van der Waals surface area contributed by atoms with Crippen molar-refractivity contribution in [3.05, 3.63) is 80.7 Å². The van der Waals surface area contributed by atoms with Crippen molar-refractivity contribution in [2.24, 2.45) is 0 Å². The summed E-state index contributed by atoms with van der Waals surface area (Å²) >= 11 is 8.62. The number of hydrogen-bond acceptors (Lipinski definition) is 8. The summed E-state index contributed by atoms with van der Waals surface area (Å²) in [6.07, 6.45) is 0. The minimum atomic E-state index is -0.919. The number of aliphatic hydroxyl groups excluding tert-OH is 1. The first-order valence-corrected chi connectivity index (χ1v) is 12.1. The van der Waals surface area contributed by atoms with Crippen LogP contribution in [0.3, 0.4) is 0 Å². The molecule has 2 aromatic heterocycles. The Morgan fingerprint density at radius 2 is 1.91 bits per heavy atom. The summed E-state index contributed by atoms with van der Waals surface area (Å²) in [6, 6.07) is 12.8. The molecule has 1 aliphatic heterocycles. The molecular weight excluding hydrogens is 496 g/mol. The molecule has 0 aliphatic carbocycles. The molecule has 10 heteroatoms. The van der Waals surface area contributed by atoms with Gasteiger partial charge in [-0.05, 0) is 47.3 Å². The summed E-state index contributed by atoms with van der Waals surface area (Å²) in [4.78, 5) is 33.1. The number of hydrogen-bond donors (Lipinski definition) is 1. The monoisotopic (exact) mass is 512 g/mol. The summed E-state index contributed by atoms with van der Waals surface area (Å²) < 4.78 is 11.6. The average Bonchev–Trinajstić information content (AvgIpc) is 3.57. The molecule has 1 aliphatic rings. The van der Waals surface area contributed by atoms with Gasteiger partial charge in [-0.15, -0.1) is 11.3 Å². The van der Waals surface area contributed by atoms with Gasteiger partial charge in [0.25, 0.3) is 5.91 Å². The number of halogens is 1. The quantitative estimate of drug-likeness (QED) is 0.328. The molecule has 1 N–H and O–H groups in total. The maximum Gasteiger partial charge on any atom is 0.296 e. The van der Waals surface area contributed by atoms with Crippen molar-refractivity contribution in [2.75, 3.05) is 19.1 Å². The third-order valence-corrected chi connectivity index (χ3v) is 7.59. The number of anilines is 1. The average molecular weight is 513 g/mol. The highest BCUT2D eigenvalue weighted by molar-refractivity contribution is 7.22. The number of Topliss-reactive ketones (excluding diaryl/α,β-unsaturated/α-hetero) is 1. The number of aliphatic hydroxyl groups is 1. The summed E-state index contributed by atoms with van der Waals surface area (Å²) in [7, 11) is 3.02. The Kier molecular flexibility index (Phi) is 5.76. The molecule has 0 saturated heterocycles. The number of nitrogens with zero attached hydrogens (tertiary/aromatic N) is 2. The van der Waals surface area contributed by atoms with Crippen LogP contribution in [-0.2, 0) is 4.79 Å². The number of thiazole rings is 1. The molecule has 0 radical (unpaired) electrons. The molecule has 1 amide bonds. The van der Waals surface area contributed by atoms with Gasteiger partial charge in [0.05, 0.1) is 40.9 Å². The molecule has 0 spiro atoms. The predicted molar refractivity (Wildman–Crippen MR) is 133 cm³/mol. The van der Waals surface area contributed by atoms with Crippen LogP contribution in [0.2, 0.25) is 5.02 Å². The fraction of sp³-hybridized carbons (Fsp3) is 0.125. The zero-order valence-corrected chi connectivity index (χ0v) is 20.3. The van der Waals surface area contributed by atoms with Crippen LogP contribution in [0.4, 0.5) is 5.13 Å². The number of thiophene rings is 1. The Morgan fingerprint density at radius 1 is 1.12 bits per heavy atom. The predicted octanol–water partition coefficient (Wildman–Crippen LogP) is 5.81. The number of carbonyl (C=O) groups excluding carboxylic acids is 2. The molecular formula is C24H17ClN2O5S2. The van der Waals surface area contributed by atoms with E-state index in [2.05, 4.69) is 4.98 Å².